The van der Waals surface area contributed by atoms with Crippen molar-refractivity contribution in [1.29, 1.82) is 5.26 Å². The van der Waals surface area contributed by atoms with Crippen molar-refractivity contribution < 1.29 is 23.5 Å². The van der Waals surface area contributed by atoms with Crippen molar-refractivity contribution in [1.82, 2.24) is 10.2 Å². The van der Waals surface area contributed by atoms with E-state index in [0.29, 0.717) is 37.2 Å². The molecule has 1 aromatic rings. The van der Waals surface area contributed by atoms with Crippen LogP contribution in [0.2, 0.25) is 0 Å². The average Bonchev–Trinajstić information content (AvgIpc) is 3.22. The van der Waals surface area contributed by atoms with Gasteiger partial charge in [0.1, 0.15) is 11.9 Å². The summed E-state index contributed by atoms with van der Waals surface area (Å²) >= 11 is 0. The standard InChI is InChI=1S/C19H19FN4O4/c1-27-18(25)22-9-17-16-7-12-6-13(11-2-4-23(10-21)5-3-11)14(20)8-15(12)24(16)19(26)28-17/h2,6,8,16-17H,3-5,7,9H2,1H3,(H,22,25)/t16-,17-/m0/s1. The maximum atomic E-state index is 14.8. The number of halogens is 1. The maximum Gasteiger partial charge on any atom is 0.415 e. The van der Waals surface area contributed by atoms with Crippen LogP contribution in [-0.4, -0.2) is 56.0 Å². The predicted molar refractivity (Wildman–Crippen MR) is 96.8 cm³/mol. The number of methoxy groups -OCH3 is 1. The van der Waals surface area contributed by atoms with Crippen LogP contribution in [0.5, 0.6) is 0 Å². The van der Waals surface area contributed by atoms with E-state index in [4.69, 9.17) is 10.00 Å². The molecule has 3 aliphatic heterocycles. The first-order valence-electron chi connectivity index (χ1n) is 9.00. The summed E-state index contributed by atoms with van der Waals surface area (Å²) in [6.07, 6.45) is 3.37. The Labute approximate surface area is 161 Å². The van der Waals surface area contributed by atoms with Crippen LogP contribution >= 0.6 is 0 Å². The number of carbonyl (C=O) groups excluding carboxylic acids is 2. The van der Waals surface area contributed by atoms with Crippen molar-refractivity contribution in [3.8, 4) is 6.19 Å². The zero-order valence-electron chi connectivity index (χ0n) is 15.3. The van der Waals surface area contributed by atoms with E-state index in [-0.39, 0.29) is 12.6 Å². The minimum Gasteiger partial charge on any atom is -0.453 e. The van der Waals surface area contributed by atoms with Crippen LogP contribution < -0.4 is 10.2 Å². The van der Waals surface area contributed by atoms with Gasteiger partial charge in [-0.15, -0.1) is 0 Å². The Morgan fingerprint density at radius 2 is 2.32 bits per heavy atom. The smallest absolute Gasteiger partial charge is 0.415 e. The molecule has 0 bridgehead atoms. The second kappa shape index (κ2) is 7.03. The van der Waals surface area contributed by atoms with Crippen LogP contribution in [0, 0.1) is 17.3 Å². The molecule has 146 valence electrons. The van der Waals surface area contributed by atoms with Gasteiger partial charge >= 0.3 is 12.2 Å². The van der Waals surface area contributed by atoms with Crippen LogP contribution in [0.3, 0.4) is 0 Å². The Balaban J connectivity index is 1.57. The number of nitrogens with zero attached hydrogens (tertiary/aromatic N) is 3. The molecule has 3 heterocycles. The molecule has 0 saturated carbocycles. The highest BCUT2D eigenvalue weighted by Crippen LogP contribution is 2.41. The fraction of sp³-hybridized carbons (Fsp3) is 0.421. The van der Waals surface area contributed by atoms with E-state index in [2.05, 4.69) is 16.2 Å². The molecule has 1 aromatic carbocycles. The number of anilines is 1. The Morgan fingerprint density at radius 3 is 3.00 bits per heavy atom. The fourth-order valence-electron chi connectivity index (χ4n) is 3.97. The molecule has 1 fully saturated rings. The van der Waals surface area contributed by atoms with Gasteiger partial charge in [0.25, 0.3) is 0 Å². The summed E-state index contributed by atoms with van der Waals surface area (Å²) in [5.41, 5.74) is 2.75. The molecule has 28 heavy (non-hydrogen) atoms. The number of cyclic esters (lactones) is 1. The first-order valence-corrected chi connectivity index (χ1v) is 9.00. The lowest BCUT2D eigenvalue weighted by Gasteiger charge is -2.22. The van der Waals surface area contributed by atoms with Gasteiger partial charge < -0.3 is 19.7 Å². The van der Waals surface area contributed by atoms with E-state index in [1.165, 1.54) is 18.1 Å². The number of carbonyl (C=O) groups is 2. The summed E-state index contributed by atoms with van der Waals surface area (Å²) in [5.74, 6) is -0.403. The van der Waals surface area contributed by atoms with E-state index in [1.807, 2.05) is 6.08 Å². The molecule has 8 nitrogen and oxygen atoms in total. The molecule has 0 spiro atoms. The highest BCUT2D eigenvalue weighted by molar-refractivity contribution is 5.94. The first-order chi connectivity index (χ1) is 13.5. The van der Waals surface area contributed by atoms with Crippen molar-refractivity contribution in [3.05, 3.63) is 35.2 Å². The van der Waals surface area contributed by atoms with Crippen molar-refractivity contribution >= 4 is 23.4 Å². The Bertz CT molecular complexity index is 910. The maximum absolute atomic E-state index is 14.8. The number of hydrogen-bond acceptors (Lipinski definition) is 6. The number of hydrogen-bond donors (Lipinski definition) is 1. The van der Waals surface area contributed by atoms with Gasteiger partial charge in [-0.2, -0.15) is 5.26 Å². The van der Waals surface area contributed by atoms with Crippen LogP contribution in [0.4, 0.5) is 19.7 Å². The molecule has 0 radical (unpaired) electrons. The van der Waals surface area contributed by atoms with Crippen molar-refractivity contribution in [2.45, 2.75) is 25.0 Å². The molecule has 1 N–H and O–H groups in total. The average molecular weight is 386 g/mol. The van der Waals surface area contributed by atoms with Crippen molar-refractivity contribution in [2.24, 2.45) is 0 Å². The van der Waals surface area contributed by atoms with E-state index in [9.17, 15) is 14.0 Å². The zero-order valence-corrected chi connectivity index (χ0v) is 15.3. The fourth-order valence-corrected chi connectivity index (χ4v) is 3.97. The van der Waals surface area contributed by atoms with Crippen LogP contribution in [0.15, 0.2) is 18.2 Å². The zero-order chi connectivity index (χ0) is 19.8. The normalized spacial score (nSPS) is 22.8. The van der Waals surface area contributed by atoms with Crippen molar-refractivity contribution in [3.63, 3.8) is 0 Å². The van der Waals surface area contributed by atoms with E-state index in [0.717, 1.165) is 11.1 Å². The quantitative estimate of drug-likeness (QED) is 0.799. The topological polar surface area (TPSA) is 94.9 Å². The highest BCUT2D eigenvalue weighted by Gasteiger charge is 2.48. The van der Waals surface area contributed by atoms with Crippen molar-refractivity contribution in [2.75, 3.05) is 31.6 Å². The second-order valence-corrected chi connectivity index (χ2v) is 6.92. The predicted octanol–water partition coefficient (Wildman–Crippen LogP) is 2.00. The molecular weight excluding hydrogens is 367 g/mol. The summed E-state index contributed by atoms with van der Waals surface area (Å²) in [5, 5.41) is 11.5. The molecule has 2 atom stereocenters. The number of nitriles is 1. The number of amides is 2. The first kappa shape index (κ1) is 18.1. The number of benzene rings is 1. The Kier molecular flexibility index (Phi) is 4.55. The number of fused-ring (bicyclic) bond motifs is 3. The van der Waals surface area contributed by atoms with Gasteiger partial charge in [-0.05, 0) is 36.1 Å². The molecular formula is C19H19FN4O4. The lowest BCUT2D eigenvalue weighted by atomic mass is 9.95. The number of rotatable bonds is 3. The molecule has 4 rings (SSSR count). The third kappa shape index (κ3) is 3.01. The minimum atomic E-state index is -0.603. The van der Waals surface area contributed by atoms with Crippen LogP contribution in [-0.2, 0) is 15.9 Å². The summed E-state index contributed by atoms with van der Waals surface area (Å²) in [6.45, 7) is 1.14. The van der Waals surface area contributed by atoms with Gasteiger partial charge in [-0.1, -0.05) is 6.08 Å². The van der Waals surface area contributed by atoms with Gasteiger partial charge in [0, 0.05) is 18.7 Å². The summed E-state index contributed by atoms with van der Waals surface area (Å²) < 4.78 is 24.7. The lowest BCUT2D eigenvalue weighted by Crippen LogP contribution is -2.40. The van der Waals surface area contributed by atoms with Gasteiger partial charge in [0.15, 0.2) is 6.19 Å². The van der Waals surface area contributed by atoms with Gasteiger partial charge in [0.05, 0.1) is 25.4 Å². The molecule has 3 aliphatic rings. The molecule has 0 unspecified atom stereocenters. The van der Waals surface area contributed by atoms with E-state index < -0.39 is 24.1 Å². The molecule has 9 heteroatoms. The van der Waals surface area contributed by atoms with Gasteiger partial charge in [0.2, 0.25) is 0 Å². The monoisotopic (exact) mass is 386 g/mol. The van der Waals surface area contributed by atoms with E-state index in [1.54, 1.807) is 11.0 Å². The second-order valence-electron chi connectivity index (χ2n) is 6.92. The molecule has 0 aromatic heterocycles. The minimum absolute atomic E-state index is 0.123. The lowest BCUT2D eigenvalue weighted by molar-refractivity contribution is 0.123. The largest absolute Gasteiger partial charge is 0.453 e. The Hall–Kier alpha value is -3.28. The van der Waals surface area contributed by atoms with E-state index >= 15 is 0 Å². The van der Waals surface area contributed by atoms with Gasteiger partial charge in [-0.25, -0.2) is 14.0 Å². The number of ether oxygens (including phenoxy) is 2. The SMILES string of the molecule is COC(=O)NC[C@@H]1OC(=O)N2c3cc(F)c(C4=CCN(C#N)CC4)cc3C[C@@H]12. The van der Waals surface area contributed by atoms with Gasteiger partial charge in [-0.3, -0.25) is 4.90 Å². The summed E-state index contributed by atoms with van der Waals surface area (Å²) in [7, 11) is 1.26. The summed E-state index contributed by atoms with van der Waals surface area (Å²) in [4.78, 5) is 26.7. The Morgan fingerprint density at radius 1 is 1.50 bits per heavy atom. The summed E-state index contributed by atoms with van der Waals surface area (Å²) in [6, 6.07) is 2.86. The highest BCUT2D eigenvalue weighted by atomic mass is 19.1. The molecule has 2 amide bonds. The van der Waals surface area contributed by atoms with Crippen LogP contribution in [0.25, 0.3) is 5.57 Å². The third-order valence-corrected chi connectivity index (χ3v) is 5.40. The molecule has 0 aliphatic carbocycles. The van der Waals surface area contributed by atoms with Crippen LogP contribution in [0.1, 0.15) is 17.5 Å². The third-order valence-electron chi connectivity index (χ3n) is 5.40. The molecule has 1 saturated heterocycles. The number of nitrogens with one attached hydrogen (secondary N) is 1. The number of alkyl carbamates (subject to hydrolysis) is 1.